The van der Waals surface area contributed by atoms with Crippen LogP contribution in [-0.4, -0.2) is 23.9 Å². The van der Waals surface area contributed by atoms with Gasteiger partial charge in [0.15, 0.2) is 0 Å². The summed E-state index contributed by atoms with van der Waals surface area (Å²) in [5.74, 6) is 1.65. The van der Waals surface area contributed by atoms with Gasteiger partial charge in [-0.15, -0.1) is 0 Å². The second-order valence-electron chi connectivity index (χ2n) is 5.89. The molecule has 0 aromatic heterocycles. The van der Waals surface area contributed by atoms with Crippen LogP contribution in [0.15, 0.2) is 18.2 Å². The summed E-state index contributed by atoms with van der Waals surface area (Å²) in [6.45, 7) is 6.28. The summed E-state index contributed by atoms with van der Waals surface area (Å²) in [6, 6.07) is 5.40. The van der Waals surface area contributed by atoms with Crippen LogP contribution in [0, 0.1) is 11.8 Å². The third-order valence-corrected chi connectivity index (χ3v) is 4.91. The van der Waals surface area contributed by atoms with Crippen molar-refractivity contribution in [2.75, 3.05) is 13.1 Å². The molecule has 1 aromatic carbocycles. The Kier molecular flexibility index (Phi) is 5.34. The van der Waals surface area contributed by atoms with Crippen molar-refractivity contribution in [1.29, 1.82) is 0 Å². The summed E-state index contributed by atoms with van der Waals surface area (Å²) in [4.78, 5) is 14.3. The highest BCUT2D eigenvalue weighted by Crippen LogP contribution is 2.26. The van der Waals surface area contributed by atoms with Gasteiger partial charge in [-0.25, -0.2) is 0 Å². The third-order valence-electron chi connectivity index (χ3n) is 4.17. The number of benzene rings is 1. The molecule has 0 spiro atoms. The largest absolute Gasteiger partial charge is 0.342 e. The lowest BCUT2D eigenvalue weighted by Gasteiger charge is -2.34. The van der Waals surface area contributed by atoms with Gasteiger partial charge in [-0.2, -0.15) is 0 Å². The van der Waals surface area contributed by atoms with Crippen LogP contribution in [0.25, 0.3) is 0 Å². The molecule has 1 saturated heterocycles. The lowest BCUT2D eigenvalue weighted by atomic mass is 9.86. The fourth-order valence-electron chi connectivity index (χ4n) is 2.75. The summed E-state index contributed by atoms with van der Waals surface area (Å²) in [5, 5.41) is 1.04. The number of carbonyl (C=O) groups is 1. The first-order chi connectivity index (χ1) is 9.47. The Morgan fingerprint density at radius 1 is 1.25 bits per heavy atom. The lowest BCUT2D eigenvalue weighted by molar-refractivity contribution is -0.132. The molecular formula is C16H21Cl2NO. The smallest absolute Gasteiger partial charge is 0.226 e. The first-order valence-electron chi connectivity index (χ1n) is 7.19. The Bertz CT molecular complexity index is 479. The quantitative estimate of drug-likeness (QED) is 0.808. The van der Waals surface area contributed by atoms with Crippen LogP contribution in [0.4, 0.5) is 0 Å². The molecule has 0 atom stereocenters. The normalized spacial score (nSPS) is 16.8. The number of carbonyl (C=O) groups excluding carboxylic acids is 1. The standard InChI is InChI=1S/C16H21Cl2NO/c1-11(2)13-5-7-19(8-6-13)16(20)10-12-3-4-14(17)15(18)9-12/h3-4,9,11,13H,5-8,10H2,1-2H3. The number of likely N-dealkylation sites (tertiary alicyclic amines) is 1. The highest BCUT2D eigenvalue weighted by atomic mass is 35.5. The monoisotopic (exact) mass is 313 g/mol. The SMILES string of the molecule is CC(C)C1CCN(C(=O)Cc2ccc(Cl)c(Cl)c2)CC1. The van der Waals surface area contributed by atoms with Gasteiger partial charge in [0, 0.05) is 13.1 Å². The molecule has 1 amide bonds. The maximum atomic E-state index is 12.3. The lowest BCUT2D eigenvalue weighted by Crippen LogP contribution is -2.40. The first-order valence-corrected chi connectivity index (χ1v) is 7.94. The van der Waals surface area contributed by atoms with E-state index in [9.17, 15) is 4.79 Å². The summed E-state index contributed by atoms with van der Waals surface area (Å²) in [7, 11) is 0. The molecule has 0 saturated carbocycles. The van der Waals surface area contributed by atoms with Crippen molar-refractivity contribution < 1.29 is 4.79 Å². The molecule has 1 aliphatic rings. The topological polar surface area (TPSA) is 20.3 Å². The first kappa shape index (κ1) is 15.7. The predicted octanol–water partition coefficient (Wildman–Crippen LogP) is 4.43. The number of halogens is 2. The fraction of sp³-hybridized carbons (Fsp3) is 0.562. The Morgan fingerprint density at radius 3 is 2.45 bits per heavy atom. The number of nitrogens with zero attached hydrogens (tertiary/aromatic N) is 1. The number of rotatable bonds is 3. The van der Waals surface area contributed by atoms with E-state index in [1.54, 1.807) is 12.1 Å². The number of amides is 1. The van der Waals surface area contributed by atoms with Crippen LogP contribution >= 0.6 is 23.2 Å². The van der Waals surface area contributed by atoms with Gasteiger partial charge in [0.05, 0.1) is 16.5 Å². The van der Waals surface area contributed by atoms with Crippen LogP contribution in [-0.2, 0) is 11.2 Å². The average molecular weight is 314 g/mol. The van der Waals surface area contributed by atoms with E-state index in [1.165, 1.54) is 0 Å². The summed E-state index contributed by atoms with van der Waals surface area (Å²) < 4.78 is 0. The molecule has 1 aromatic rings. The van der Waals surface area contributed by atoms with E-state index in [1.807, 2.05) is 11.0 Å². The molecule has 2 nitrogen and oxygen atoms in total. The molecule has 1 fully saturated rings. The van der Waals surface area contributed by atoms with Gasteiger partial charge in [0.1, 0.15) is 0 Å². The Hall–Kier alpha value is -0.730. The second kappa shape index (κ2) is 6.82. The zero-order valence-electron chi connectivity index (χ0n) is 12.0. The molecular weight excluding hydrogens is 293 g/mol. The van der Waals surface area contributed by atoms with Gasteiger partial charge in [0.25, 0.3) is 0 Å². The average Bonchev–Trinajstić information content (AvgIpc) is 2.43. The molecule has 1 aliphatic heterocycles. The van der Waals surface area contributed by atoms with E-state index in [4.69, 9.17) is 23.2 Å². The van der Waals surface area contributed by atoms with E-state index < -0.39 is 0 Å². The minimum atomic E-state index is 0.186. The third kappa shape index (κ3) is 3.89. The highest BCUT2D eigenvalue weighted by molar-refractivity contribution is 6.42. The Morgan fingerprint density at radius 2 is 1.90 bits per heavy atom. The van der Waals surface area contributed by atoms with E-state index in [-0.39, 0.29) is 5.91 Å². The molecule has 110 valence electrons. The number of hydrogen-bond acceptors (Lipinski definition) is 1. The molecule has 20 heavy (non-hydrogen) atoms. The zero-order valence-corrected chi connectivity index (χ0v) is 13.5. The van der Waals surface area contributed by atoms with Gasteiger partial charge >= 0.3 is 0 Å². The summed E-state index contributed by atoms with van der Waals surface area (Å²) in [6.07, 6.45) is 2.64. The van der Waals surface area contributed by atoms with Crippen LogP contribution < -0.4 is 0 Å². The van der Waals surface area contributed by atoms with E-state index >= 15 is 0 Å². The maximum Gasteiger partial charge on any atom is 0.226 e. The molecule has 0 radical (unpaired) electrons. The molecule has 4 heteroatoms. The predicted molar refractivity (Wildman–Crippen MR) is 84.3 cm³/mol. The van der Waals surface area contributed by atoms with Crippen LogP contribution in [0.1, 0.15) is 32.3 Å². The van der Waals surface area contributed by atoms with Crippen molar-refractivity contribution in [1.82, 2.24) is 4.90 Å². The van der Waals surface area contributed by atoms with Crippen molar-refractivity contribution in [3.8, 4) is 0 Å². The maximum absolute atomic E-state index is 12.3. The van der Waals surface area contributed by atoms with Gasteiger partial charge in [-0.1, -0.05) is 43.1 Å². The molecule has 0 unspecified atom stereocenters. The van der Waals surface area contributed by atoms with E-state index in [0.717, 1.165) is 37.4 Å². The summed E-state index contributed by atoms with van der Waals surface area (Å²) >= 11 is 11.9. The molecule has 0 bridgehead atoms. The van der Waals surface area contributed by atoms with Crippen molar-refractivity contribution in [2.24, 2.45) is 11.8 Å². The minimum absolute atomic E-state index is 0.186. The molecule has 2 rings (SSSR count). The fourth-order valence-corrected chi connectivity index (χ4v) is 3.07. The van der Waals surface area contributed by atoms with Crippen LogP contribution in [0.3, 0.4) is 0 Å². The van der Waals surface area contributed by atoms with Crippen LogP contribution in [0.2, 0.25) is 10.0 Å². The van der Waals surface area contributed by atoms with Gasteiger partial charge in [-0.05, 0) is 42.4 Å². The van der Waals surface area contributed by atoms with E-state index in [0.29, 0.717) is 22.4 Å². The highest BCUT2D eigenvalue weighted by Gasteiger charge is 2.24. The number of hydrogen-bond donors (Lipinski definition) is 0. The Balaban J connectivity index is 1.91. The van der Waals surface area contributed by atoms with Crippen molar-refractivity contribution >= 4 is 29.1 Å². The Labute approximate surface area is 131 Å². The molecule has 1 heterocycles. The van der Waals surface area contributed by atoms with Gasteiger partial charge in [-0.3, -0.25) is 4.79 Å². The molecule has 0 aliphatic carbocycles. The van der Waals surface area contributed by atoms with Gasteiger partial charge in [0.2, 0.25) is 5.91 Å². The van der Waals surface area contributed by atoms with Crippen molar-refractivity contribution in [2.45, 2.75) is 33.1 Å². The zero-order chi connectivity index (χ0) is 14.7. The van der Waals surface area contributed by atoms with Crippen LogP contribution in [0.5, 0.6) is 0 Å². The minimum Gasteiger partial charge on any atom is -0.342 e. The van der Waals surface area contributed by atoms with Crippen molar-refractivity contribution in [3.05, 3.63) is 33.8 Å². The number of piperidine rings is 1. The van der Waals surface area contributed by atoms with E-state index in [2.05, 4.69) is 13.8 Å². The summed E-state index contributed by atoms with van der Waals surface area (Å²) in [5.41, 5.74) is 0.926. The van der Waals surface area contributed by atoms with Gasteiger partial charge < -0.3 is 4.90 Å². The molecule has 0 N–H and O–H groups in total. The second-order valence-corrected chi connectivity index (χ2v) is 6.70. The van der Waals surface area contributed by atoms with Crippen molar-refractivity contribution in [3.63, 3.8) is 0 Å².